The molecule has 0 aromatic carbocycles. The van der Waals surface area contributed by atoms with Gasteiger partial charge >= 0.3 is 0 Å². The first-order chi connectivity index (χ1) is 5.63. The third kappa shape index (κ3) is 0.925. The summed E-state index contributed by atoms with van der Waals surface area (Å²) in [6, 6.07) is -0.267. The average molecular weight is 173 g/mol. The van der Waals surface area contributed by atoms with Crippen LogP contribution in [0.3, 0.4) is 0 Å². The molecule has 0 bridgehead atoms. The Kier molecular flexibility index (Phi) is 1.88. The number of nitrogens with zero attached hydrogens (tertiary/aromatic N) is 1. The fourth-order valence-electron chi connectivity index (χ4n) is 2.40. The molecule has 3 N–H and O–H groups in total. The van der Waals surface area contributed by atoms with Crippen molar-refractivity contribution >= 4 is 0 Å². The zero-order valence-corrected chi connectivity index (χ0v) is 7.09. The standard InChI is InChI=1S/C8H15NO3/c1-4-7(11)8(12)6-5(10)2-3-9(4)6/h4-8,10-12H,2-3H2,1H3/t4-,5+,6+,7-,8-/m1/s1. The summed E-state index contributed by atoms with van der Waals surface area (Å²) in [5.41, 5.74) is 0. The molecule has 0 aromatic heterocycles. The highest BCUT2D eigenvalue weighted by Crippen LogP contribution is 2.32. The van der Waals surface area contributed by atoms with Crippen LogP contribution in [0.15, 0.2) is 0 Å². The van der Waals surface area contributed by atoms with Gasteiger partial charge in [0.1, 0.15) is 0 Å². The number of aliphatic hydroxyl groups excluding tert-OH is 3. The largest absolute Gasteiger partial charge is 0.391 e. The van der Waals surface area contributed by atoms with Crippen LogP contribution in [0.25, 0.3) is 0 Å². The molecular weight excluding hydrogens is 158 g/mol. The normalized spacial score (nSPS) is 54.5. The van der Waals surface area contributed by atoms with Crippen LogP contribution < -0.4 is 0 Å². The van der Waals surface area contributed by atoms with Gasteiger partial charge < -0.3 is 15.3 Å². The molecule has 2 aliphatic heterocycles. The molecule has 0 aromatic rings. The molecule has 2 saturated heterocycles. The first-order valence-electron chi connectivity index (χ1n) is 4.43. The quantitative estimate of drug-likeness (QED) is 0.419. The van der Waals surface area contributed by atoms with E-state index in [1.165, 1.54) is 0 Å². The lowest BCUT2D eigenvalue weighted by molar-refractivity contribution is 0.00438. The molecule has 2 heterocycles. The molecule has 2 aliphatic rings. The SMILES string of the molecule is C[C@@H]1[C@@H](O)[C@H](O)[C@@H]2[C@@H](O)CCN21. The minimum absolute atomic E-state index is 0.0258. The molecular formula is C8H15NO3. The Labute approximate surface area is 71.4 Å². The van der Waals surface area contributed by atoms with Gasteiger partial charge in [-0.3, -0.25) is 4.90 Å². The van der Waals surface area contributed by atoms with Gasteiger partial charge in [-0.15, -0.1) is 0 Å². The van der Waals surface area contributed by atoms with E-state index in [1.54, 1.807) is 0 Å². The van der Waals surface area contributed by atoms with Crippen molar-refractivity contribution < 1.29 is 15.3 Å². The maximum absolute atomic E-state index is 9.56. The molecule has 0 saturated carbocycles. The Balaban J connectivity index is 2.20. The van der Waals surface area contributed by atoms with Crippen LogP contribution in [-0.2, 0) is 0 Å². The van der Waals surface area contributed by atoms with E-state index in [1.807, 2.05) is 11.8 Å². The highest BCUT2D eigenvalue weighted by molar-refractivity contribution is 5.05. The lowest BCUT2D eigenvalue weighted by Gasteiger charge is -2.20. The Morgan fingerprint density at radius 3 is 2.42 bits per heavy atom. The average Bonchev–Trinajstić information content (AvgIpc) is 2.51. The van der Waals surface area contributed by atoms with E-state index < -0.39 is 18.3 Å². The molecule has 4 nitrogen and oxygen atoms in total. The molecule has 0 amide bonds. The second-order valence-corrected chi connectivity index (χ2v) is 3.81. The van der Waals surface area contributed by atoms with E-state index in [0.29, 0.717) is 6.42 Å². The van der Waals surface area contributed by atoms with E-state index in [9.17, 15) is 15.3 Å². The van der Waals surface area contributed by atoms with Gasteiger partial charge in [-0.2, -0.15) is 0 Å². The van der Waals surface area contributed by atoms with E-state index in [0.717, 1.165) is 6.54 Å². The number of fused-ring (bicyclic) bond motifs is 1. The summed E-state index contributed by atoms with van der Waals surface area (Å²) < 4.78 is 0. The summed E-state index contributed by atoms with van der Waals surface area (Å²) in [6.45, 7) is 2.66. The monoisotopic (exact) mass is 173 g/mol. The van der Waals surface area contributed by atoms with Crippen molar-refractivity contribution in [3.05, 3.63) is 0 Å². The van der Waals surface area contributed by atoms with Gasteiger partial charge in [0, 0.05) is 12.6 Å². The number of hydrogen-bond acceptors (Lipinski definition) is 4. The highest BCUT2D eigenvalue weighted by Gasteiger charge is 2.51. The zero-order chi connectivity index (χ0) is 8.88. The van der Waals surface area contributed by atoms with E-state index >= 15 is 0 Å². The lowest BCUT2D eigenvalue weighted by Crippen LogP contribution is -2.38. The Hall–Kier alpha value is -0.160. The van der Waals surface area contributed by atoms with Gasteiger partial charge in [0.15, 0.2) is 0 Å². The molecule has 0 spiro atoms. The topological polar surface area (TPSA) is 63.9 Å². The fourth-order valence-corrected chi connectivity index (χ4v) is 2.40. The van der Waals surface area contributed by atoms with Gasteiger partial charge in [0.05, 0.1) is 24.4 Å². The Bertz CT molecular complexity index is 187. The van der Waals surface area contributed by atoms with Crippen molar-refractivity contribution in [3.8, 4) is 0 Å². The van der Waals surface area contributed by atoms with Gasteiger partial charge in [-0.05, 0) is 13.3 Å². The van der Waals surface area contributed by atoms with Gasteiger partial charge in [-0.25, -0.2) is 0 Å². The summed E-state index contributed by atoms with van der Waals surface area (Å²) >= 11 is 0. The summed E-state index contributed by atoms with van der Waals surface area (Å²) in [7, 11) is 0. The fraction of sp³-hybridized carbons (Fsp3) is 1.00. The number of rotatable bonds is 0. The lowest BCUT2D eigenvalue weighted by atomic mass is 10.0. The summed E-state index contributed by atoms with van der Waals surface area (Å²) in [6.07, 6.45) is -1.25. The zero-order valence-electron chi connectivity index (χ0n) is 7.09. The summed E-state index contributed by atoms with van der Waals surface area (Å²) in [5, 5.41) is 28.5. The molecule has 0 aliphatic carbocycles. The van der Waals surface area contributed by atoms with Crippen LogP contribution in [0, 0.1) is 0 Å². The second kappa shape index (κ2) is 2.67. The highest BCUT2D eigenvalue weighted by atomic mass is 16.3. The van der Waals surface area contributed by atoms with Crippen LogP contribution >= 0.6 is 0 Å². The van der Waals surface area contributed by atoms with Gasteiger partial charge in [0.25, 0.3) is 0 Å². The minimum atomic E-state index is -0.780. The molecule has 2 rings (SSSR count). The van der Waals surface area contributed by atoms with E-state index in [2.05, 4.69) is 0 Å². The molecule has 70 valence electrons. The smallest absolute Gasteiger partial charge is 0.0994 e. The maximum Gasteiger partial charge on any atom is 0.0994 e. The van der Waals surface area contributed by atoms with Crippen molar-refractivity contribution in [2.24, 2.45) is 0 Å². The number of hydrogen-bond donors (Lipinski definition) is 3. The molecule has 2 fully saturated rings. The number of aliphatic hydroxyl groups is 3. The van der Waals surface area contributed by atoms with E-state index in [-0.39, 0.29) is 12.1 Å². The molecule has 12 heavy (non-hydrogen) atoms. The maximum atomic E-state index is 9.56. The second-order valence-electron chi connectivity index (χ2n) is 3.81. The van der Waals surface area contributed by atoms with Crippen molar-refractivity contribution in [2.75, 3.05) is 6.54 Å². The van der Waals surface area contributed by atoms with Gasteiger partial charge in [-0.1, -0.05) is 0 Å². The van der Waals surface area contributed by atoms with Crippen LogP contribution in [0.1, 0.15) is 13.3 Å². The van der Waals surface area contributed by atoms with Crippen molar-refractivity contribution in [3.63, 3.8) is 0 Å². The molecule has 4 heteroatoms. The predicted molar refractivity (Wildman–Crippen MR) is 42.6 cm³/mol. The van der Waals surface area contributed by atoms with Gasteiger partial charge in [0.2, 0.25) is 0 Å². The first-order valence-corrected chi connectivity index (χ1v) is 4.43. The van der Waals surface area contributed by atoms with Crippen LogP contribution in [-0.4, -0.2) is 57.2 Å². The Morgan fingerprint density at radius 2 is 1.83 bits per heavy atom. The summed E-state index contributed by atoms with van der Waals surface area (Å²) in [4.78, 5) is 1.99. The van der Waals surface area contributed by atoms with Crippen molar-refractivity contribution in [1.82, 2.24) is 4.90 Å². The van der Waals surface area contributed by atoms with Crippen molar-refractivity contribution in [2.45, 2.75) is 43.7 Å². The first kappa shape index (κ1) is 8.44. The Morgan fingerprint density at radius 1 is 1.17 bits per heavy atom. The van der Waals surface area contributed by atoms with Crippen LogP contribution in [0.5, 0.6) is 0 Å². The molecule has 5 atom stereocenters. The third-order valence-electron chi connectivity index (χ3n) is 3.18. The van der Waals surface area contributed by atoms with Crippen molar-refractivity contribution in [1.29, 1.82) is 0 Å². The summed E-state index contributed by atoms with van der Waals surface area (Å²) in [5.74, 6) is 0. The van der Waals surface area contributed by atoms with Crippen LogP contribution in [0.4, 0.5) is 0 Å². The molecule has 0 unspecified atom stereocenters. The third-order valence-corrected chi connectivity index (χ3v) is 3.18. The predicted octanol–water partition coefficient (Wildman–Crippen LogP) is -1.45. The van der Waals surface area contributed by atoms with Crippen LogP contribution in [0.2, 0.25) is 0 Å². The van der Waals surface area contributed by atoms with E-state index in [4.69, 9.17) is 0 Å². The molecule has 0 radical (unpaired) electrons. The minimum Gasteiger partial charge on any atom is -0.391 e.